The first-order valence-corrected chi connectivity index (χ1v) is 6.54. The van der Waals surface area contributed by atoms with Crippen molar-refractivity contribution in [3.05, 3.63) is 34.1 Å². The van der Waals surface area contributed by atoms with E-state index in [9.17, 15) is 4.39 Å². The van der Waals surface area contributed by atoms with Crippen LogP contribution in [0.4, 0.5) is 4.39 Å². The number of nitrogens with zero attached hydrogens (tertiary/aromatic N) is 1. The van der Waals surface area contributed by atoms with Crippen molar-refractivity contribution in [3.8, 4) is 0 Å². The highest BCUT2D eigenvalue weighted by Crippen LogP contribution is 2.17. The summed E-state index contributed by atoms with van der Waals surface area (Å²) in [6.45, 7) is 1.42. The van der Waals surface area contributed by atoms with E-state index in [0.29, 0.717) is 13.0 Å². The van der Waals surface area contributed by atoms with Gasteiger partial charge in [0, 0.05) is 17.4 Å². The van der Waals surface area contributed by atoms with Crippen LogP contribution in [0, 0.1) is 5.82 Å². The van der Waals surface area contributed by atoms with E-state index in [1.54, 1.807) is 6.07 Å². The normalized spacial score (nSPS) is 11.8. The standard InChI is InChI=1S/C12H17BrFN3O/c13-11-5-4-10(14)7-9(11)8-16-6-2-1-3-12(15)17-18/h4-5,7,16,18H,1-3,6,8H2,(H2,15,17). The highest BCUT2D eigenvalue weighted by atomic mass is 79.9. The fraction of sp³-hybridized carbons (Fsp3) is 0.417. The molecule has 0 aliphatic carbocycles. The summed E-state index contributed by atoms with van der Waals surface area (Å²) in [5, 5.41) is 14.5. The summed E-state index contributed by atoms with van der Waals surface area (Å²) in [4.78, 5) is 0. The Morgan fingerprint density at radius 1 is 1.44 bits per heavy atom. The van der Waals surface area contributed by atoms with Gasteiger partial charge in [-0.1, -0.05) is 21.1 Å². The van der Waals surface area contributed by atoms with E-state index in [1.807, 2.05) is 0 Å². The van der Waals surface area contributed by atoms with Gasteiger partial charge in [-0.2, -0.15) is 0 Å². The summed E-state index contributed by atoms with van der Waals surface area (Å²) in [6.07, 6.45) is 2.36. The molecule has 1 rings (SSSR count). The molecule has 0 aromatic heterocycles. The molecule has 0 aliphatic rings. The van der Waals surface area contributed by atoms with Crippen LogP contribution in [0.1, 0.15) is 24.8 Å². The predicted octanol–water partition coefficient (Wildman–Crippen LogP) is 2.59. The first-order valence-electron chi connectivity index (χ1n) is 5.74. The van der Waals surface area contributed by atoms with Gasteiger partial charge in [0.05, 0.1) is 0 Å². The largest absolute Gasteiger partial charge is 0.409 e. The molecule has 100 valence electrons. The fourth-order valence-electron chi connectivity index (χ4n) is 1.51. The second kappa shape index (κ2) is 8.05. The quantitative estimate of drug-likeness (QED) is 0.238. The lowest BCUT2D eigenvalue weighted by Crippen LogP contribution is -2.16. The van der Waals surface area contributed by atoms with Crippen LogP contribution in [-0.4, -0.2) is 17.6 Å². The molecular weight excluding hydrogens is 301 g/mol. The Bertz CT molecular complexity index is 412. The molecule has 0 saturated carbocycles. The molecule has 0 amide bonds. The van der Waals surface area contributed by atoms with Gasteiger partial charge in [-0.3, -0.25) is 0 Å². The maximum absolute atomic E-state index is 13.0. The number of hydrogen-bond donors (Lipinski definition) is 3. The number of hydrogen-bond acceptors (Lipinski definition) is 3. The predicted molar refractivity (Wildman–Crippen MR) is 73.1 cm³/mol. The molecule has 0 aliphatic heterocycles. The Morgan fingerprint density at radius 2 is 2.22 bits per heavy atom. The van der Waals surface area contributed by atoms with Crippen molar-refractivity contribution in [1.82, 2.24) is 5.32 Å². The minimum Gasteiger partial charge on any atom is -0.409 e. The molecule has 0 unspecified atom stereocenters. The molecule has 0 bridgehead atoms. The van der Waals surface area contributed by atoms with Crippen molar-refractivity contribution in [2.45, 2.75) is 25.8 Å². The van der Waals surface area contributed by atoms with E-state index < -0.39 is 0 Å². The Labute approximate surface area is 114 Å². The Balaban J connectivity index is 2.20. The molecule has 0 spiro atoms. The Hall–Kier alpha value is -1.14. The SMILES string of the molecule is NC(CCCCNCc1cc(F)ccc1Br)=NO. The monoisotopic (exact) mass is 317 g/mol. The van der Waals surface area contributed by atoms with Gasteiger partial charge in [-0.05, 0) is 43.1 Å². The van der Waals surface area contributed by atoms with E-state index >= 15 is 0 Å². The highest BCUT2D eigenvalue weighted by Gasteiger charge is 2.01. The maximum atomic E-state index is 13.0. The molecule has 0 saturated heterocycles. The van der Waals surface area contributed by atoms with E-state index in [4.69, 9.17) is 10.9 Å². The first-order chi connectivity index (χ1) is 8.63. The van der Waals surface area contributed by atoms with Crippen LogP contribution in [-0.2, 0) is 6.54 Å². The molecule has 0 fully saturated rings. The molecule has 6 heteroatoms. The second-order valence-corrected chi connectivity index (χ2v) is 4.82. The van der Waals surface area contributed by atoms with E-state index in [2.05, 4.69) is 26.4 Å². The van der Waals surface area contributed by atoms with Crippen LogP contribution in [0.3, 0.4) is 0 Å². The number of benzene rings is 1. The summed E-state index contributed by atoms with van der Waals surface area (Å²) < 4.78 is 13.9. The average molecular weight is 318 g/mol. The number of halogens is 2. The summed E-state index contributed by atoms with van der Waals surface area (Å²) in [6, 6.07) is 4.63. The van der Waals surface area contributed by atoms with Crippen LogP contribution in [0.25, 0.3) is 0 Å². The molecule has 4 N–H and O–H groups in total. The summed E-state index contributed by atoms with van der Waals surface area (Å²) in [7, 11) is 0. The topological polar surface area (TPSA) is 70.6 Å². The van der Waals surface area contributed by atoms with Crippen molar-refractivity contribution in [3.63, 3.8) is 0 Å². The van der Waals surface area contributed by atoms with E-state index in [0.717, 1.165) is 29.4 Å². The second-order valence-electron chi connectivity index (χ2n) is 3.96. The summed E-state index contributed by atoms with van der Waals surface area (Å²) in [5.74, 6) is 0.0183. The molecule has 18 heavy (non-hydrogen) atoms. The molecule has 1 aromatic rings. The van der Waals surface area contributed by atoms with Gasteiger partial charge in [-0.15, -0.1) is 0 Å². The van der Waals surface area contributed by atoms with Crippen LogP contribution >= 0.6 is 15.9 Å². The van der Waals surface area contributed by atoms with Crippen LogP contribution in [0.2, 0.25) is 0 Å². The minimum absolute atomic E-state index is 0.234. The summed E-state index contributed by atoms with van der Waals surface area (Å²) in [5.41, 5.74) is 6.24. The Kier molecular flexibility index (Phi) is 6.67. The number of unbranched alkanes of at least 4 members (excludes halogenated alkanes) is 1. The van der Waals surface area contributed by atoms with Crippen molar-refractivity contribution >= 4 is 21.8 Å². The third-order valence-corrected chi connectivity index (χ3v) is 3.26. The first kappa shape index (κ1) is 14.9. The molecule has 0 atom stereocenters. The zero-order valence-electron chi connectivity index (χ0n) is 10.00. The molecular formula is C12H17BrFN3O. The summed E-state index contributed by atoms with van der Waals surface area (Å²) >= 11 is 3.37. The van der Waals surface area contributed by atoms with Gasteiger partial charge in [0.1, 0.15) is 11.7 Å². The minimum atomic E-state index is -0.234. The average Bonchev–Trinajstić information content (AvgIpc) is 2.37. The lowest BCUT2D eigenvalue weighted by atomic mass is 10.2. The van der Waals surface area contributed by atoms with Crippen molar-refractivity contribution < 1.29 is 9.60 Å². The number of amidine groups is 1. The fourth-order valence-corrected chi connectivity index (χ4v) is 1.89. The van der Waals surface area contributed by atoms with Gasteiger partial charge in [0.25, 0.3) is 0 Å². The highest BCUT2D eigenvalue weighted by molar-refractivity contribution is 9.10. The van der Waals surface area contributed by atoms with E-state index in [-0.39, 0.29) is 11.7 Å². The van der Waals surface area contributed by atoms with Gasteiger partial charge in [0.2, 0.25) is 0 Å². The lowest BCUT2D eigenvalue weighted by molar-refractivity contribution is 0.316. The smallest absolute Gasteiger partial charge is 0.139 e. The molecule has 0 heterocycles. The zero-order chi connectivity index (χ0) is 13.4. The number of rotatable bonds is 7. The van der Waals surface area contributed by atoms with Crippen LogP contribution < -0.4 is 11.1 Å². The van der Waals surface area contributed by atoms with Crippen LogP contribution in [0.5, 0.6) is 0 Å². The van der Waals surface area contributed by atoms with Crippen molar-refractivity contribution in [2.24, 2.45) is 10.9 Å². The number of nitrogens with two attached hydrogens (primary N) is 1. The third kappa shape index (κ3) is 5.46. The molecule has 0 radical (unpaired) electrons. The lowest BCUT2D eigenvalue weighted by Gasteiger charge is -2.07. The third-order valence-electron chi connectivity index (χ3n) is 2.49. The van der Waals surface area contributed by atoms with Crippen molar-refractivity contribution in [1.29, 1.82) is 0 Å². The zero-order valence-corrected chi connectivity index (χ0v) is 11.6. The molecule has 1 aromatic carbocycles. The van der Waals surface area contributed by atoms with Crippen LogP contribution in [0.15, 0.2) is 27.8 Å². The maximum Gasteiger partial charge on any atom is 0.139 e. The number of nitrogens with one attached hydrogen (secondary N) is 1. The van der Waals surface area contributed by atoms with Gasteiger partial charge >= 0.3 is 0 Å². The van der Waals surface area contributed by atoms with Gasteiger partial charge < -0.3 is 16.3 Å². The van der Waals surface area contributed by atoms with Gasteiger partial charge in [-0.25, -0.2) is 4.39 Å². The molecule has 4 nitrogen and oxygen atoms in total. The van der Waals surface area contributed by atoms with Crippen molar-refractivity contribution in [2.75, 3.05) is 6.54 Å². The Morgan fingerprint density at radius 3 is 2.94 bits per heavy atom. The van der Waals surface area contributed by atoms with Gasteiger partial charge in [0.15, 0.2) is 0 Å². The van der Waals surface area contributed by atoms with E-state index in [1.165, 1.54) is 12.1 Å². The number of oxime groups is 1.